The smallest absolute Gasteiger partial charge is 0.0574 e. The normalized spacial score (nSPS) is 14.1. The molecule has 2 N–H and O–H groups in total. The fraction of sp³-hybridized carbons (Fsp3) is 0.200. The highest BCUT2D eigenvalue weighted by molar-refractivity contribution is 7.85. The van der Waals surface area contributed by atoms with Gasteiger partial charge in [-0.15, -0.1) is 0 Å². The van der Waals surface area contributed by atoms with E-state index in [1.54, 1.807) is 12.1 Å². The van der Waals surface area contributed by atoms with Crippen LogP contribution >= 0.6 is 11.6 Å². The van der Waals surface area contributed by atoms with Crippen LogP contribution in [0.2, 0.25) is 5.02 Å². The number of nitrogens with two attached hydrogens (primary N) is 1. The molecule has 2 rings (SSSR count). The zero-order chi connectivity index (χ0) is 13.8. The van der Waals surface area contributed by atoms with Crippen LogP contribution in [0.15, 0.2) is 53.4 Å². The van der Waals surface area contributed by atoms with E-state index in [4.69, 9.17) is 17.3 Å². The molecule has 2 aromatic carbocycles. The number of benzene rings is 2. The third-order valence-electron chi connectivity index (χ3n) is 2.92. The van der Waals surface area contributed by atoms with Crippen molar-refractivity contribution in [3.05, 3.63) is 64.7 Å². The third kappa shape index (κ3) is 3.66. The second kappa shape index (κ2) is 6.33. The van der Waals surface area contributed by atoms with Gasteiger partial charge in [0.25, 0.3) is 0 Å². The van der Waals surface area contributed by atoms with E-state index < -0.39 is 10.8 Å². The second-order valence-electron chi connectivity index (χ2n) is 4.46. The van der Waals surface area contributed by atoms with Crippen LogP contribution in [0.3, 0.4) is 0 Å². The standard InChI is InChI=1S/C15H16ClNOS/c1-11-6-8-12(9-7-11)14(17)10-19(18)15-5-3-2-4-13(15)16/h2-9,14H,10,17H2,1H3. The molecule has 0 radical (unpaired) electrons. The molecule has 0 fully saturated rings. The van der Waals surface area contributed by atoms with E-state index in [1.165, 1.54) is 5.56 Å². The maximum Gasteiger partial charge on any atom is 0.0574 e. The molecule has 19 heavy (non-hydrogen) atoms. The Morgan fingerprint density at radius 2 is 1.79 bits per heavy atom. The summed E-state index contributed by atoms with van der Waals surface area (Å²) in [7, 11) is -1.19. The van der Waals surface area contributed by atoms with Gasteiger partial charge in [0.05, 0.1) is 20.7 Å². The number of aryl methyl sites for hydroxylation is 1. The van der Waals surface area contributed by atoms with Gasteiger partial charge in [-0.3, -0.25) is 4.21 Å². The maximum atomic E-state index is 12.3. The topological polar surface area (TPSA) is 43.1 Å². The summed E-state index contributed by atoms with van der Waals surface area (Å²) in [6.07, 6.45) is 0. The lowest BCUT2D eigenvalue weighted by Crippen LogP contribution is -2.18. The van der Waals surface area contributed by atoms with Crippen molar-refractivity contribution in [1.82, 2.24) is 0 Å². The van der Waals surface area contributed by atoms with Crippen LogP contribution in [0.5, 0.6) is 0 Å². The van der Waals surface area contributed by atoms with Gasteiger partial charge in [0.15, 0.2) is 0 Å². The van der Waals surface area contributed by atoms with Gasteiger partial charge in [-0.1, -0.05) is 53.6 Å². The van der Waals surface area contributed by atoms with Gasteiger partial charge in [-0.25, -0.2) is 0 Å². The molecular weight excluding hydrogens is 278 g/mol. The van der Waals surface area contributed by atoms with Gasteiger partial charge < -0.3 is 5.73 Å². The van der Waals surface area contributed by atoms with Crippen molar-refractivity contribution in [3.63, 3.8) is 0 Å². The van der Waals surface area contributed by atoms with Gasteiger partial charge in [-0.2, -0.15) is 0 Å². The third-order valence-corrected chi connectivity index (χ3v) is 4.87. The number of hydrogen-bond donors (Lipinski definition) is 1. The van der Waals surface area contributed by atoms with E-state index in [1.807, 2.05) is 43.3 Å². The van der Waals surface area contributed by atoms with Crippen molar-refractivity contribution < 1.29 is 4.21 Å². The van der Waals surface area contributed by atoms with Gasteiger partial charge >= 0.3 is 0 Å². The summed E-state index contributed by atoms with van der Waals surface area (Å²) in [5, 5.41) is 0.525. The first-order valence-corrected chi connectivity index (χ1v) is 7.72. The van der Waals surface area contributed by atoms with E-state index in [-0.39, 0.29) is 6.04 Å². The summed E-state index contributed by atoms with van der Waals surface area (Å²) in [6.45, 7) is 2.02. The Labute approximate surface area is 121 Å². The molecule has 2 unspecified atom stereocenters. The SMILES string of the molecule is Cc1ccc(C(N)CS(=O)c2ccccc2Cl)cc1. The summed E-state index contributed by atoms with van der Waals surface area (Å²) in [5.74, 6) is 0.368. The molecular formula is C15H16ClNOS. The molecule has 2 aromatic rings. The second-order valence-corrected chi connectivity index (χ2v) is 6.33. The highest BCUT2D eigenvalue weighted by Gasteiger charge is 2.14. The van der Waals surface area contributed by atoms with Crippen LogP contribution in [0, 0.1) is 6.92 Å². The summed E-state index contributed by atoms with van der Waals surface area (Å²) in [5.41, 5.74) is 8.27. The van der Waals surface area contributed by atoms with Crippen molar-refractivity contribution in [3.8, 4) is 0 Å². The minimum atomic E-state index is -1.19. The maximum absolute atomic E-state index is 12.3. The van der Waals surface area contributed by atoms with Crippen molar-refractivity contribution in [2.45, 2.75) is 17.9 Å². The minimum Gasteiger partial charge on any atom is -0.323 e. The molecule has 0 spiro atoms. The molecule has 0 aliphatic carbocycles. The lowest BCUT2D eigenvalue weighted by Gasteiger charge is -2.12. The van der Waals surface area contributed by atoms with Gasteiger partial charge in [0.2, 0.25) is 0 Å². The molecule has 0 saturated heterocycles. The van der Waals surface area contributed by atoms with Crippen LogP contribution in [0.1, 0.15) is 17.2 Å². The van der Waals surface area contributed by atoms with Crippen LogP contribution in [-0.4, -0.2) is 9.96 Å². The first kappa shape index (κ1) is 14.3. The van der Waals surface area contributed by atoms with Crippen molar-refractivity contribution in [1.29, 1.82) is 0 Å². The largest absolute Gasteiger partial charge is 0.323 e. The van der Waals surface area contributed by atoms with Crippen molar-refractivity contribution >= 4 is 22.4 Å². The Morgan fingerprint density at radius 3 is 2.42 bits per heavy atom. The zero-order valence-electron chi connectivity index (χ0n) is 10.7. The zero-order valence-corrected chi connectivity index (χ0v) is 12.2. The number of hydrogen-bond acceptors (Lipinski definition) is 2. The summed E-state index contributed by atoms with van der Waals surface area (Å²) in [4.78, 5) is 0.645. The fourth-order valence-electron chi connectivity index (χ4n) is 1.79. The molecule has 2 nitrogen and oxygen atoms in total. The van der Waals surface area contributed by atoms with E-state index >= 15 is 0 Å². The fourth-order valence-corrected chi connectivity index (χ4v) is 3.40. The summed E-state index contributed by atoms with van der Waals surface area (Å²) in [6, 6.07) is 14.9. The molecule has 0 aromatic heterocycles. The van der Waals surface area contributed by atoms with E-state index in [9.17, 15) is 4.21 Å². The van der Waals surface area contributed by atoms with Crippen molar-refractivity contribution in [2.24, 2.45) is 5.73 Å². The molecule has 2 atom stereocenters. The number of halogens is 1. The van der Waals surface area contributed by atoms with Gasteiger partial charge in [-0.05, 0) is 24.6 Å². The van der Waals surface area contributed by atoms with Gasteiger partial charge in [0.1, 0.15) is 0 Å². The average Bonchev–Trinajstić information content (AvgIpc) is 2.39. The van der Waals surface area contributed by atoms with Gasteiger partial charge in [0, 0.05) is 11.8 Å². The Morgan fingerprint density at radius 1 is 1.16 bits per heavy atom. The lowest BCUT2D eigenvalue weighted by molar-refractivity contribution is 0.675. The number of rotatable bonds is 4. The van der Waals surface area contributed by atoms with Crippen LogP contribution in [0.25, 0.3) is 0 Å². The average molecular weight is 294 g/mol. The molecule has 0 amide bonds. The molecule has 0 aliphatic heterocycles. The van der Waals surface area contributed by atoms with Crippen LogP contribution < -0.4 is 5.73 Å². The first-order chi connectivity index (χ1) is 9.08. The quantitative estimate of drug-likeness (QED) is 0.938. The highest BCUT2D eigenvalue weighted by atomic mass is 35.5. The monoisotopic (exact) mass is 293 g/mol. The molecule has 0 aliphatic rings. The first-order valence-electron chi connectivity index (χ1n) is 6.03. The predicted molar refractivity (Wildman–Crippen MR) is 80.8 cm³/mol. The Bertz CT molecular complexity index is 583. The molecule has 0 heterocycles. The van der Waals surface area contributed by atoms with Crippen LogP contribution in [-0.2, 0) is 10.8 Å². The minimum absolute atomic E-state index is 0.252. The predicted octanol–water partition coefficient (Wildman–Crippen LogP) is 3.46. The van der Waals surface area contributed by atoms with E-state index in [2.05, 4.69) is 0 Å². The molecule has 0 bridgehead atoms. The van der Waals surface area contributed by atoms with E-state index in [0.29, 0.717) is 15.7 Å². The van der Waals surface area contributed by atoms with Crippen molar-refractivity contribution in [2.75, 3.05) is 5.75 Å². The summed E-state index contributed by atoms with van der Waals surface area (Å²) < 4.78 is 12.3. The summed E-state index contributed by atoms with van der Waals surface area (Å²) >= 11 is 6.04. The van der Waals surface area contributed by atoms with Crippen LogP contribution in [0.4, 0.5) is 0 Å². The Balaban J connectivity index is 2.11. The Hall–Kier alpha value is -1.16. The Kier molecular flexibility index (Phi) is 4.75. The molecule has 100 valence electrons. The highest BCUT2D eigenvalue weighted by Crippen LogP contribution is 2.22. The van der Waals surface area contributed by atoms with E-state index in [0.717, 1.165) is 5.56 Å². The lowest BCUT2D eigenvalue weighted by atomic mass is 10.1. The molecule has 4 heteroatoms. The molecule has 0 saturated carbocycles.